The number of ether oxygens (including phenoxy) is 2. The van der Waals surface area contributed by atoms with Gasteiger partial charge in [0, 0.05) is 25.0 Å². The Morgan fingerprint density at radius 1 is 0.935 bits per heavy atom. The van der Waals surface area contributed by atoms with Gasteiger partial charge in [-0.3, -0.25) is 9.59 Å². The Bertz CT molecular complexity index is 848. The minimum Gasteiger partial charge on any atom is -0.454 e. The van der Waals surface area contributed by atoms with E-state index in [9.17, 15) is 9.59 Å². The first-order valence-electron chi connectivity index (χ1n) is 12.1. The molecule has 2 aliphatic heterocycles. The Labute approximate surface area is 183 Å². The SMILES string of the molecule is O=C(NC1C2CC3CC(C2)CC1C3)C1CCN(C(=O)Cc2ccc3c(c2)OCO3)CC1. The maximum absolute atomic E-state index is 13.0. The van der Waals surface area contributed by atoms with Gasteiger partial charge in [0.15, 0.2) is 11.5 Å². The Hall–Kier alpha value is -2.24. The Balaban J connectivity index is 1.01. The zero-order valence-corrected chi connectivity index (χ0v) is 18.1. The largest absolute Gasteiger partial charge is 0.454 e. The molecule has 4 saturated carbocycles. The highest BCUT2D eigenvalue weighted by molar-refractivity contribution is 5.81. The van der Waals surface area contributed by atoms with Gasteiger partial charge in [-0.1, -0.05) is 6.07 Å². The van der Waals surface area contributed by atoms with Crippen molar-refractivity contribution in [2.45, 2.75) is 57.4 Å². The van der Waals surface area contributed by atoms with Crippen molar-refractivity contribution < 1.29 is 19.1 Å². The van der Waals surface area contributed by atoms with Crippen molar-refractivity contribution in [1.82, 2.24) is 10.2 Å². The predicted molar refractivity (Wildman–Crippen MR) is 115 cm³/mol. The highest BCUT2D eigenvalue weighted by Gasteiger charge is 2.49. The van der Waals surface area contributed by atoms with Crippen LogP contribution in [0.5, 0.6) is 11.5 Å². The molecule has 1 saturated heterocycles. The van der Waals surface area contributed by atoms with Gasteiger partial charge in [0.05, 0.1) is 6.42 Å². The lowest BCUT2D eigenvalue weighted by molar-refractivity contribution is -0.136. The van der Waals surface area contributed by atoms with E-state index in [0.717, 1.165) is 36.0 Å². The molecule has 4 aliphatic carbocycles. The number of hydrogen-bond donors (Lipinski definition) is 1. The number of fused-ring (bicyclic) bond motifs is 1. The van der Waals surface area contributed by atoms with Crippen LogP contribution in [0.3, 0.4) is 0 Å². The summed E-state index contributed by atoms with van der Waals surface area (Å²) in [6.07, 6.45) is 8.64. The van der Waals surface area contributed by atoms with Crippen molar-refractivity contribution in [3.05, 3.63) is 23.8 Å². The van der Waals surface area contributed by atoms with Gasteiger partial charge in [-0.2, -0.15) is 0 Å². The standard InChI is InChI=1S/C25H32N2O4/c28-23(13-15-1-2-21-22(12-15)31-14-30-21)27-5-3-18(4-6-27)25(29)26-24-19-8-16-7-17(10-19)11-20(24)9-16/h1-2,12,16-20,24H,3-11,13-14H2,(H,26,29). The third kappa shape index (κ3) is 3.68. The van der Waals surface area contributed by atoms with Gasteiger partial charge in [0.1, 0.15) is 0 Å². The molecule has 2 heterocycles. The number of piperidine rings is 1. The Morgan fingerprint density at radius 2 is 1.61 bits per heavy atom. The molecule has 1 aromatic carbocycles. The second-order valence-electron chi connectivity index (χ2n) is 10.5. The van der Waals surface area contributed by atoms with Crippen LogP contribution in [0.1, 0.15) is 50.5 Å². The van der Waals surface area contributed by atoms with E-state index in [-0.39, 0.29) is 24.5 Å². The van der Waals surface area contributed by atoms with Gasteiger partial charge in [0.25, 0.3) is 0 Å². The van der Waals surface area contributed by atoms with E-state index < -0.39 is 0 Å². The first-order chi connectivity index (χ1) is 15.1. The van der Waals surface area contributed by atoms with Crippen molar-refractivity contribution >= 4 is 11.8 Å². The number of carbonyl (C=O) groups excluding carboxylic acids is 2. The van der Waals surface area contributed by atoms with Gasteiger partial charge in [-0.25, -0.2) is 0 Å². The highest BCUT2D eigenvalue weighted by Crippen LogP contribution is 2.53. The topological polar surface area (TPSA) is 67.9 Å². The van der Waals surface area contributed by atoms with Crippen molar-refractivity contribution in [1.29, 1.82) is 0 Å². The van der Waals surface area contributed by atoms with Gasteiger partial charge >= 0.3 is 0 Å². The smallest absolute Gasteiger partial charge is 0.231 e. The molecule has 6 aliphatic rings. The Morgan fingerprint density at radius 3 is 2.32 bits per heavy atom. The molecule has 0 aromatic heterocycles. The normalized spacial score (nSPS) is 33.5. The van der Waals surface area contributed by atoms with Crippen LogP contribution in [-0.2, 0) is 16.0 Å². The number of nitrogens with zero attached hydrogens (tertiary/aromatic N) is 1. The van der Waals surface area contributed by atoms with Crippen molar-refractivity contribution in [3.8, 4) is 11.5 Å². The van der Waals surface area contributed by atoms with Gasteiger partial charge in [0.2, 0.25) is 18.6 Å². The molecule has 1 aromatic rings. The second-order valence-corrected chi connectivity index (χ2v) is 10.5. The lowest BCUT2D eigenvalue weighted by Crippen LogP contribution is -2.57. The number of benzene rings is 1. The van der Waals surface area contributed by atoms with E-state index in [1.807, 2.05) is 23.1 Å². The zero-order valence-electron chi connectivity index (χ0n) is 18.1. The maximum atomic E-state index is 13.0. The first kappa shape index (κ1) is 19.4. The molecule has 0 spiro atoms. The third-order valence-electron chi connectivity index (χ3n) is 8.55. The van der Waals surface area contributed by atoms with E-state index in [2.05, 4.69) is 5.32 Å². The minimum atomic E-state index is 0.0479. The number of hydrogen-bond acceptors (Lipinski definition) is 4. The molecular formula is C25H32N2O4. The Kier molecular flexibility index (Phi) is 4.84. The fourth-order valence-corrected chi connectivity index (χ4v) is 7.17. The monoisotopic (exact) mass is 424 g/mol. The molecule has 166 valence electrons. The van der Waals surface area contributed by atoms with E-state index >= 15 is 0 Å². The first-order valence-corrected chi connectivity index (χ1v) is 12.1. The molecule has 31 heavy (non-hydrogen) atoms. The summed E-state index contributed by atoms with van der Waals surface area (Å²) < 4.78 is 10.8. The van der Waals surface area contributed by atoms with Crippen molar-refractivity contribution in [2.75, 3.05) is 19.9 Å². The fourth-order valence-electron chi connectivity index (χ4n) is 7.17. The van der Waals surface area contributed by atoms with E-state index in [1.165, 1.54) is 32.1 Å². The van der Waals surface area contributed by atoms with Gasteiger partial charge in [-0.05, 0) is 86.3 Å². The van der Waals surface area contributed by atoms with Crippen LogP contribution in [0.25, 0.3) is 0 Å². The van der Waals surface area contributed by atoms with Gasteiger partial charge < -0.3 is 19.7 Å². The van der Waals surface area contributed by atoms with E-state index in [0.29, 0.717) is 43.1 Å². The summed E-state index contributed by atoms with van der Waals surface area (Å²) >= 11 is 0. The predicted octanol–water partition coefficient (Wildman–Crippen LogP) is 3.14. The third-order valence-corrected chi connectivity index (χ3v) is 8.55. The zero-order chi connectivity index (χ0) is 20.9. The molecule has 6 nitrogen and oxygen atoms in total. The van der Waals surface area contributed by atoms with Crippen LogP contribution in [0.15, 0.2) is 18.2 Å². The molecule has 0 unspecified atom stereocenters. The molecule has 4 bridgehead atoms. The summed E-state index contributed by atoms with van der Waals surface area (Å²) in [5, 5.41) is 3.47. The van der Waals surface area contributed by atoms with Gasteiger partial charge in [-0.15, -0.1) is 0 Å². The average molecular weight is 425 g/mol. The molecular weight excluding hydrogens is 392 g/mol. The molecule has 0 atom stereocenters. The van der Waals surface area contributed by atoms with Crippen LogP contribution in [0.2, 0.25) is 0 Å². The summed E-state index contributed by atoms with van der Waals surface area (Å²) in [5.74, 6) is 5.13. The van der Waals surface area contributed by atoms with Crippen LogP contribution in [-0.4, -0.2) is 42.6 Å². The minimum absolute atomic E-state index is 0.0479. The average Bonchev–Trinajstić information content (AvgIpc) is 3.23. The summed E-state index contributed by atoms with van der Waals surface area (Å²) in [6.45, 7) is 1.58. The molecule has 2 amide bonds. The lowest BCUT2D eigenvalue weighted by atomic mass is 9.54. The number of carbonyl (C=O) groups is 2. The second kappa shape index (κ2) is 7.72. The highest BCUT2D eigenvalue weighted by atomic mass is 16.7. The van der Waals surface area contributed by atoms with Crippen LogP contribution >= 0.6 is 0 Å². The molecule has 0 radical (unpaired) electrons. The van der Waals surface area contributed by atoms with Crippen molar-refractivity contribution in [2.24, 2.45) is 29.6 Å². The lowest BCUT2D eigenvalue weighted by Gasteiger charge is -2.54. The van der Waals surface area contributed by atoms with Crippen LogP contribution in [0.4, 0.5) is 0 Å². The number of amides is 2. The quantitative estimate of drug-likeness (QED) is 0.806. The number of rotatable bonds is 4. The molecule has 6 heteroatoms. The molecule has 7 rings (SSSR count). The summed E-state index contributed by atoms with van der Waals surface area (Å²) in [6, 6.07) is 6.10. The summed E-state index contributed by atoms with van der Waals surface area (Å²) in [7, 11) is 0. The van der Waals surface area contributed by atoms with Crippen molar-refractivity contribution in [3.63, 3.8) is 0 Å². The molecule has 1 N–H and O–H groups in total. The number of nitrogens with one attached hydrogen (secondary N) is 1. The van der Waals surface area contributed by atoms with E-state index in [1.54, 1.807) is 0 Å². The maximum Gasteiger partial charge on any atom is 0.231 e. The molecule has 5 fully saturated rings. The van der Waals surface area contributed by atoms with E-state index in [4.69, 9.17) is 9.47 Å². The number of likely N-dealkylation sites (tertiary alicyclic amines) is 1. The summed E-state index contributed by atoms with van der Waals surface area (Å²) in [4.78, 5) is 27.7. The summed E-state index contributed by atoms with van der Waals surface area (Å²) in [5.41, 5.74) is 0.941. The van der Waals surface area contributed by atoms with Crippen LogP contribution in [0, 0.1) is 29.6 Å². The fraction of sp³-hybridized carbons (Fsp3) is 0.680. The van der Waals surface area contributed by atoms with Crippen LogP contribution < -0.4 is 14.8 Å².